The van der Waals surface area contributed by atoms with E-state index >= 15 is 0 Å². The molecule has 3 nitrogen and oxygen atoms in total. The molecule has 1 aliphatic rings. The molecule has 1 heterocycles. The molecule has 0 N–H and O–H groups in total. The van der Waals surface area contributed by atoms with E-state index in [0.717, 1.165) is 0 Å². The first kappa shape index (κ1) is 10.7. The Bertz CT molecular complexity index is 97.9. The smallest absolute Gasteiger partial charge is 0.266 e. The van der Waals surface area contributed by atoms with Crippen molar-refractivity contribution in [3.8, 4) is 0 Å². The van der Waals surface area contributed by atoms with Crippen LogP contribution in [-0.4, -0.2) is 22.3 Å². The van der Waals surface area contributed by atoms with Crippen LogP contribution in [0.3, 0.4) is 0 Å². The van der Waals surface area contributed by atoms with Crippen LogP contribution < -0.4 is 0 Å². The van der Waals surface area contributed by atoms with Crippen molar-refractivity contribution in [2.45, 2.75) is 11.8 Å². The summed E-state index contributed by atoms with van der Waals surface area (Å²) in [4.78, 5) is -0.222. The second-order valence-corrected chi connectivity index (χ2v) is 3.78. The highest BCUT2D eigenvalue weighted by molar-refractivity contribution is 7.75. The lowest BCUT2D eigenvalue weighted by atomic mass is 10.8. The Morgan fingerprint density at radius 2 is 1.70 bits per heavy atom. The Labute approximate surface area is 72.5 Å². The first-order valence-corrected chi connectivity index (χ1v) is 4.46. The predicted octanol–water partition coefficient (Wildman–Crippen LogP) is 1.42. The van der Waals surface area contributed by atoms with E-state index in [1.54, 1.807) is 6.92 Å². The van der Waals surface area contributed by atoms with Gasteiger partial charge in [-0.1, -0.05) is 0 Å². The van der Waals surface area contributed by atoms with Gasteiger partial charge in [0.1, 0.15) is 4.84 Å². The molecule has 0 aromatic rings. The zero-order chi connectivity index (χ0) is 7.98. The van der Waals surface area contributed by atoms with Crippen molar-refractivity contribution >= 4 is 34.6 Å². The minimum atomic E-state index is -1.42. The van der Waals surface area contributed by atoms with E-state index in [1.165, 1.54) is 0 Å². The van der Waals surface area contributed by atoms with Crippen LogP contribution >= 0.6 is 23.2 Å². The monoisotopic (exact) mass is 206 g/mol. The molecule has 0 atom stereocenters. The van der Waals surface area contributed by atoms with Gasteiger partial charge in [-0.15, -0.1) is 23.2 Å². The van der Waals surface area contributed by atoms with Crippen LogP contribution in [0.4, 0.5) is 0 Å². The number of rotatable bonds is 0. The van der Waals surface area contributed by atoms with Crippen molar-refractivity contribution < 1.29 is 12.6 Å². The summed E-state index contributed by atoms with van der Waals surface area (Å²) in [5.74, 6) is 0. The minimum absolute atomic E-state index is 0.222. The van der Waals surface area contributed by atoms with Gasteiger partial charge < -0.3 is 0 Å². The van der Waals surface area contributed by atoms with Crippen LogP contribution in [-0.2, 0) is 19.7 Å². The summed E-state index contributed by atoms with van der Waals surface area (Å²) in [6.45, 7) is 2.63. The van der Waals surface area contributed by atoms with Crippen LogP contribution in [0.25, 0.3) is 0 Å². The molecule has 1 aliphatic heterocycles. The predicted molar refractivity (Wildman–Crippen MR) is 41.2 cm³/mol. The maximum atomic E-state index is 9.91. The Balaban J connectivity index is 0.000000180. The zero-order valence-electron chi connectivity index (χ0n) is 5.38. The molecule has 1 fully saturated rings. The van der Waals surface area contributed by atoms with Gasteiger partial charge in [0.25, 0.3) is 0 Å². The molecule has 0 aromatic heterocycles. The summed E-state index contributed by atoms with van der Waals surface area (Å²) in [6, 6.07) is 0. The second-order valence-electron chi connectivity index (χ2n) is 1.37. The molecule has 0 unspecified atom stereocenters. The molecule has 62 valence electrons. The van der Waals surface area contributed by atoms with Crippen LogP contribution in [0.15, 0.2) is 0 Å². The van der Waals surface area contributed by atoms with E-state index in [2.05, 4.69) is 8.37 Å². The van der Waals surface area contributed by atoms with Crippen molar-refractivity contribution in [1.29, 1.82) is 0 Å². The van der Waals surface area contributed by atoms with E-state index < -0.39 is 11.4 Å². The highest BCUT2D eigenvalue weighted by Gasteiger charge is 2.07. The van der Waals surface area contributed by atoms with Crippen molar-refractivity contribution in [1.82, 2.24) is 0 Å². The lowest BCUT2D eigenvalue weighted by Crippen LogP contribution is -1.81. The van der Waals surface area contributed by atoms with Gasteiger partial charge in [-0.25, -0.2) is 0 Å². The Hall–Kier alpha value is 0.650. The average molecular weight is 207 g/mol. The molecule has 0 saturated carbocycles. The molecule has 6 heteroatoms. The lowest BCUT2D eigenvalue weighted by molar-refractivity contribution is 0.365. The molecule has 0 bridgehead atoms. The third kappa shape index (κ3) is 8.65. The van der Waals surface area contributed by atoms with Gasteiger partial charge in [-0.05, 0) is 6.92 Å². The first-order valence-electron chi connectivity index (χ1n) is 2.59. The third-order valence-corrected chi connectivity index (χ3v) is 1.16. The standard InChI is InChI=1S/C2H4Cl2.C2H4O3S/c1-2(3)4;3-6-4-1-2-5-6/h2H,1H3;1-2H2. The van der Waals surface area contributed by atoms with Crippen molar-refractivity contribution in [3.63, 3.8) is 0 Å². The van der Waals surface area contributed by atoms with E-state index in [4.69, 9.17) is 23.2 Å². The number of halogens is 2. The highest BCUT2D eigenvalue weighted by atomic mass is 35.5. The summed E-state index contributed by atoms with van der Waals surface area (Å²) in [5.41, 5.74) is 0. The maximum Gasteiger partial charge on any atom is 0.304 e. The van der Waals surface area contributed by atoms with E-state index in [-0.39, 0.29) is 4.84 Å². The molecule has 0 spiro atoms. The Kier molecular flexibility index (Phi) is 6.78. The SMILES string of the molecule is CC(Cl)Cl.O=S1OCCO1. The third-order valence-electron chi connectivity index (χ3n) is 0.442. The summed E-state index contributed by atoms with van der Waals surface area (Å²) in [5, 5.41) is 0. The van der Waals surface area contributed by atoms with Crippen molar-refractivity contribution in [2.24, 2.45) is 0 Å². The summed E-state index contributed by atoms with van der Waals surface area (Å²) in [6.07, 6.45) is 0. The largest absolute Gasteiger partial charge is 0.304 e. The fourth-order valence-electron chi connectivity index (χ4n) is 0.238. The molecule has 0 aromatic carbocycles. The topological polar surface area (TPSA) is 35.5 Å². The number of alkyl halides is 2. The van der Waals surface area contributed by atoms with E-state index in [9.17, 15) is 4.21 Å². The molecule has 1 rings (SSSR count). The molecule has 0 radical (unpaired) electrons. The summed E-state index contributed by atoms with van der Waals surface area (Å²) >= 11 is 8.66. The second kappa shape index (κ2) is 6.37. The van der Waals surface area contributed by atoms with E-state index in [0.29, 0.717) is 13.2 Å². The normalized spacial score (nSPS) is 18.8. The Morgan fingerprint density at radius 3 is 1.80 bits per heavy atom. The molecular weight excluding hydrogens is 199 g/mol. The molecule has 10 heavy (non-hydrogen) atoms. The van der Waals surface area contributed by atoms with Gasteiger partial charge >= 0.3 is 11.4 Å². The van der Waals surface area contributed by atoms with Crippen LogP contribution in [0.5, 0.6) is 0 Å². The van der Waals surface area contributed by atoms with Gasteiger partial charge in [-0.2, -0.15) is 4.21 Å². The van der Waals surface area contributed by atoms with Gasteiger partial charge in [-0.3, -0.25) is 8.37 Å². The molecule has 0 aliphatic carbocycles. The van der Waals surface area contributed by atoms with Crippen molar-refractivity contribution in [2.75, 3.05) is 13.2 Å². The van der Waals surface area contributed by atoms with Gasteiger partial charge in [0.15, 0.2) is 0 Å². The van der Waals surface area contributed by atoms with Gasteiger partial charge in [0.05, 0.1) is 13.2 Å². The molecule has 1 saturated heterocycles. The molecular formula is C4H8Cl2O3S. The van der Waals surface area contributed by atoms with Crippen molar-refractivity contribution in [3.05, 3.63) is 0 Å². The van der Waals surface area contributed by atoms with Gasteiger partial charge in [0, 0.05) is 0 Å². The summed E-state index contributed by atoms with van der Waals surface area (Å²) in [7, 11) is 0. The summed E-state index contributed by atoms with van der Waals surface area (Å²) < 4.78 is 18.7. The van der Waals surface area contributed by atoms with Crippen LogP contribution in [0.2, 0.25) is 0 Å². The van der Waals surface area contributed by atoms with Crippen LogP contribution in [0, 0.1) is 0 Å². The Morgan fingerprint density at radius 1 is 1.40 bits per heavy atom. The lowest BCUT2D eigenvalue weighted by Gasteiger charge is -1.76. The molecule has 0 amide bonds. The fourth-order valence-corrected chi connectivity index (χ4v) is 0.714. The fraction of sp³-hybridized carbons (Fsp3) is 1.00. The average Bonchev–Trinajstić information content (AvgIpc) is 2.15. The number of hydrogen-bond donors (Lipinski definition) is 0. The van der Waals surface area contributed by atoms with Gasteiger partial charge in [0.2, 0.25) is 0 Å². The van der Waals surface area contributed by atoms with Crippen LogP contribution in [0.1, 0.15) is 6.92 Å². The minimum Gasteiger partial charge on any atom is -0.266 e. The highest BCUT2D eigenvalue weighted by Crippen LogP contribution is 1.96. The van der Waals surface area contributed by atoms with E-state index in [1.807, 2.05) is 0 Å². The maximum absolute atomic E-state index is 9.91. The quantitative estimate of drug-likeness (QED) is 0.563. The first-order chi connectivity index (χ1) is 4.63. The number of hydrogen-bond acceptors (Lipinski definition) is 3. The zero-order valence-corrected chi connectivity index (χ0v) is 7.71.